The summed E-state index contributed by atoms with van der Waals surface area (Å²) in [6.07, 6.45) is 0. The maximum absolute atomic E-state index is 5.95. The molecule has 0 bridgehead atoms. The lowest BCUT2D eigenvalue weighted by Gasteiger charge is -2.27. The number of hydrogen-bond acceptors (Lipinski definition) is 2. The Morgan fingerprint density at radius 1 is 1.05 bits per heavy atom. The topological polar surface area (TPSA) is 38.0 Å². The van der Waals surface area contributed by atoms with Crippen LogP contribution in [0.25, 0.3) is 0 Å². The zero-order chi connectivity index (χ0) is 13.9. The summed E-state index contributed by atoms with van der Waals surface area (Å²) in [7, 11) is 0. The van der Waals surface area contributed by atoms with E-state index in [-0.39, 0.29) is 5.41 Å². The van der Waals surface area contributed by atoms with E-state index in [9.17, 15) is 0 Å². The fraction of sp³-hybridized carbons (Fsp3) is 0.294. The van der Waals surface area contributed by atoms with Gasteiger partial charge >= 0.3 is 0 Å². The quantitative estimate of drug-likeness (QED) is 0.810. The highest BCUT2D eigenvalue weighted by molar-refractivity contribution is 5.65. The standard InChI is InChI=1S/C17H22N2/c1-13-7-6-8-14(11-13)17(2,3)12-19-16-10-5-4-9-15(16)18/h4-11,19H,12,18H2,1-3H3. The van der Waals surface area contributed by atoms with Crippen molar-refractivity contribution in [3.63, 3.8) is 0 Å². The Morgan fingerprint density at radius 3 is 2.47 bits per heavy atom. The van der Waals surface area contributed by atoms with E-state index in [1.807, 2.05) is 24.3 Å². The number of hydrogen-bond donors (Lipinski definition) is 2. The second kappa shape index (κ2) is 5.35. The smallest absolute Gasteiger partial charge is 0.0574 e. The highest BCUT2D eigenvalue weighted by Gasteiger charge is 2.20. The SMILES string of the molecule is Cc1cccc(C(C)(C)CNc2ccccc2N)c1. The van der Waals surface area contributed by atoms with E-state index in [0.717, 1.165) is 17.9 Å². The number of para-hydroxylation sites is 2. The number of anilines is 2. The molecule has 2 rings (SSSR count). The lowest BCUT2D eigenvalue weighted by molar-refractivity contribution is 0.557. The summed E-state index contributed by atoms with van der Waals surface area (Å²) in [5.41, 5.74) is 10.4. The van der Waals surface area contributed by atoms with E-state index in [4.69, 9.17) is 5.73 Å². The molecular formula is C17H22N2. The molecule has 3 N–H and O–H groups in total. The maximum Gasteiger partial charge on any atom is 0.0574 e. The van der Waals surface area contributed by atoms with Crippen LogP contribution in [-0.4, -0.2) is 6.54 Å². The van der Waals surface area contributed by atoms with Crippen LogP contribution in [0, 0.1) is 6.92 Å². The van der Waals surface area contributed by atoms with E-state index in [1.165, 1.54) is 11.1 Å². The van der Waals surface area contributed by atoms with Gasteiger partial charge in [0, 0.05) is 12.0 Å². The number of nitrogens with two attached hydrogens (primary N) is 1. The van der Waals surface area contributed by atoms with E-state index in [1.54, 1.807) is 0 Å². The molecule has 0 aliphatic rings. The normalized spacial score (nSPS) is 11.3. The molecule has 2 aromatic carbocycles. The van der Waals surface area contributed by atoms with Crippen LogP contribution in [-0.2, 0) is 5.41 Å². The first kappa shape index (κ1) is 13.5. The van der Waals surface area contributed by atoms with Crippen LogP contribution in [0.2, 0.25) is 0 Å². The van der Waals surface area contributed by atoms with Crippen molar-refractivity contribution in [1.82, 2.24) is 0 Å². The van der Waals surface area contributed by atoms with E-state index in [0.29, 0.717) is 0 Å². The number of benzene rings is 2. The Bertz CT molecular complexity index is 559. The van der Waals surface area contributed by atoms with Crippen LogP contribution in [0.15, 0.2) is 48.5 Å². The third-order valence-corrected chi connectivity index (χ3v) is 3.48. The van der Waals surface area contributed by atoms with Gasteiger partial charge in [0.1, 0.15) is 0 Å². The maximum atomic E-state index is 5.95. The highest BCUT2D eigenvalue weighted by Crippen LogP contribution is 2.26. The van der Waals surface area contributed by atoms with Crippen molar-refractivity contribution in [2.24, 2.45) is 0 Å². The van der Waals surface area contributed by atoms with Crippen molar-refractivity contribution in [3.8, 4) is 0 Å². The van der Waals surface area contributed by atoms with Crippen LogP contribution in [0.1, 0.15) is 25.0 Å². The van der Waals surface area contributed by atoms with Crippen molar-refractivity contribution in [3.05, 3.63) is 59.7 Å². The predicted octanol–water partition coefficient (Wildman–Crippen LogP) is 3.97. The van der Waals surface area contributed by atoms with Crippen molar-refractivity contribution in [1.29, 1.82) is 0 Å². The summed E-state index contributed by atoms with van der Waals surface area (Å²) >= 11 is 0. The van der Waals surface area contributed by atoms with E-state index in [2.05, 4.69) is 50.4 Å². The molecule has 0 amide bonds. The second-order valence-electron chi connectivity index (χ2n) is 5.69. The molecule has 19 heavy (non-hydrogen) atoms. The third-order valence-electron chi connectivity index (χ3n) is 3.48. The molecule has 0 fully saturated rings. The van der Waals surface area contributed by atoms with Gasteiger partial charge in [0.15, 0.2) is 0 Å². The number of aryl methyl sites for hydroxylation is 1. The molecule has 100 valence electrons. The van der Waals surface area contributed by atoms with Gasteiger partial charge in [-0.3, -0.25) is 0 Å². The molecule has 0 saturated heterocycles. The van der Waals surface area contributed by atoms with Crippen molar-refractivity contribution >= 4 is 11.4 Å². The van der Waals surface area contributed by atoms with Gasteiger partial charge < -0.3 is 11.1 Å². The summed E-state index contributed by atoms with van der Waals surface area (Å²) in [6, 6.07) is 16.6. The summed E-state index contributed by atoms with van der Waals surface area (Å²) < 4.78 is 0. The summed E-state index contributed by atoms with van der Waals surface area (Å²) in [5, 5.41) is 3.45. The average molecular weight is 254 g/mol. The Morgan fingerprint density at radius 2 is 1.79 bits per heavy atom. The molecule has 0 aromatic heterocycles. The van der Waals surface area contributed by atoms with Gasteiger partial charge in [0.25, 0.3) is 0 Å². The van der Waals surface area contributed by atoms with Gasteiger partial charge in [-0.1, -0.05) is 55.8 Å². The largest absolute Gasteiger partial charge is 0.397 e. The minimum atomic E-state index is 0.0638. The summed E-state index contributed by atoms with van der Waals surface area (Å²) in [6.45, 7) is 7.47. The molecule has 0 atom stereocenters. The zero-order valence-electron chi connectivity index (χ0n) is 11.9. The Labute approximate surface area is 115 Å². The first-order valence-electron chi connectivity index (χ1n) is 6.64. The van der Waals surface area contributed by atoms with Crippen LogP contribution in [0.4, 0.5) is 11.4 Å². The van der Waals surface area contributed by atoms with Gasteiger partial charge in [0.2, 0.25) is 0 Å². The molecule has 2 aromatic rings. The minimum absolute atomic E-state index is 0.0638. The number of nitrogens with one attached hydrogen (secondary N) is 1. The highest BCUT2D eigenvalue weighted by atomic mass is 14.9. The van der Waals surface area contributed by atoms with Gasteiger partial charge in [0.05, 0.1) is 11.4 Å². The molecule has 0 unspecified atom stereocenters. The third kappa shape index (κ3) is 3.28. The van der Waals surface area contributed by atoms with Crippen molar-refractivity contribution in [2.75, 3.05) is 17.6 Å². The van der Waals surface area contributed by atoms with Crippen LogP contribution in [0.3, 0.4) is 0 Å². The zero-order valence-corrected chi connectivity index (χ0v) is 11.9. The Balaban J connectivity index is 2.12. The van der Waals surface area contributed by atoms with Crippen LogP contribution < -0.4 is 11.1 Å². The number of rotatable bonds is 4. The van der Waals surface area contributed by atoms with Gasteiger partial charge in [-0.15, -0.1) is 0 Å². The monoisotopic (exact) mass is 254 g/mol. The molecule has 0 heterocycles. The van der Waals surface area contributed by atoms with E-state index < -0.39 is 0 Å². The van der Waals surface area contributed by atoms with Crippen molar-refractivity contribution in [2.45, 2.75) is 26.2 Å². The summed E-state index contributed by atoms with van der Waals surface area (Å²) in [5.74, 6) is 0. The fourth-order valence-corrected chi connectivity index (χ4v) is 2.14. The Kier molecular flexibility index (Phi) is 3.79. The minimum Gasteiger partial charge on any atom is -0.397 e. The second-order valence-corrected chi connectivity index (χ2v) is 5.69. The molecule has 2 nitrogen and oxygen atoms in total. The average Bonchev–Trinajstić information content (AvgIpc) is 2.38. The molecule has 0 spiro atoms. The fourth-order valence-electron chi connectivity index (χ4n) is 2.14. The lowest BCUT2D eigenvalue weighted by Crippen LogP contribution is -2.27. The van der Waals surface area contributed by atoms with Gasteiger partial charge in [-0.25, -0.2) is 0 Å². The summed E-state index contributed by atoms with van der Waals surface area (Å²) in [4.78, 5) is 0. The van der Waals surface area contributed by atoms with E-state index >= 15 is 0 Å². The molecular weight excluding hydrogens is 232 g/mol. The molecule has 0 aliphatic carbocycles. The van der Waals surface area contributed by atoms with Gasteiger partial charge in [-0.2, -0.15) is 0 Å². The lowest BCUT2D eigenvalue weighted by atomic mass is 9.84. The van der Waals surface area contributed by atoms with Crippen LogP contribution >= 0.6 is 0 Å². The Hall–Kier alpha value is -1.96. The first-order chi connectivity index (χ1) is 8.99. The van der Waals surface area contributed by atoms with Gasteiger partial charge in [-0.05, 0) is 24.6 Å². The van der Waals surface area contributed by atoms with Crippen LogP contribution in [0.5, 0.6) is 0 Å². The predicted molar refractivity (Wildman–Crippen MR) is 83.5 cm³/mol. The first-order valence-corrected chi connectivity index (χ1v) is 6.64. The molecule has 0 aliphatic heterocycles. The number of nitrogen functional groups attached to an aromatic ring is 1. The molecule has 0 saturated carbocycles. The molecule has 2 heteroatoms. The molecule has 0 radical (unpaired) electrons. The van der Waals surface area contributed by atoms with Crippen molar-refractivity contribution < 1.29 is 0 Å².